The van der Waals surface area contributed by atoms with Gasteiger partial charge < -0.3 is 5.73 Å². The van der Waals surface area contributed by atoms with Gasteiger partial charge in [0, 0.05) is 36.7 Å². The second kappa shape index (κ2) is 6.93. The third-order valence-electron chi connectivity index (χ3n) is 3.62. The maximum atomic E-state index is 13.2. The van der Waals surface area contributed by atoms with Crippen LogP contribution in [0.1, 0.15) is 24.9 Å². The number of hydrogen-bond donors (Lipinski definition) is 1. The molecule has 2 N–H and O–H groups in total. The summed E-state index contributed by atoms with van der Waals surface area (Å²) < 4.78 is 13.2. The van der Waals surface area contributed by atoms with E-state index < -0.39 is 0 Å². The number of halogens is 2. The minimum Gasteiger partial charge on any atom is -0.329 e. The SMILES string of the molecule is CCC1CN(C(CN)c2ccc(F)c(Cl)c2)CCS1. The third-order valence-corrected chi connectivity index (χ3v) is 5.28. The molecule has 0 saturated carbocycles. The Hall–Kier alpha value is -0.290. The van der Waals surface area contributed by atoms with Gasteiger partial charge >= 0.3 is 0 Å². The zero-order valence-corrected chi connectivity index (χ0v) is 12.7. The fraction of sp³-hybridized carbons (Fsp3) is 0.571. The summed E-state index contributed by atoms with van der Waals surface area (Å²) in [6.07, 6.45) is 1.17. The van der Waals surface area contributed by atoms with Crippen LogP contribution in [0.4, 0.5) is 4.39 Å². The average molecular weight is 303 g/mol. The summed E-state index contributed by atoms with van der Waals surface area (Å²) in [5, 5.41) is 0.841. The van der Waals surface area contributed by atoms with Crippen LogP contribution in [0.5, 0.6) is 0 Å². The summed E-state index contributed by atoms with van der Waals surface area (Å²) in [5.74, 6) is 0.756. The van der Waals surface area contributed by atoms with Crippen LogP contribution in [0.2, 0.25) is 5.02 Å². The van der Waals surface area contributed by atoms with E-state index in [0.29, 0.717) is 11.8 Å². The van der Waals surface area contributed by atoms with Gasteiger partial charge in [0.1, 0.15) is 5.82 Å². The molecule has 5 heteroatoms. The van der Waals surface area contributed by atoms with Crippen molar-refractivity contribution >= 4 is 23.4 Å². The Morgan fingerprint density at radius 3 is 3.00 bits per heavy atom. The van der Waals surface area contributed by atoms with Crippen molar-refractivity contribution in [2.24, 2.45) is 5.73 Å². The molecule has 106 valence electrons. The van der Waals surface area contributed by atoms with Gasteiger partial charge in [-0.2, -0.15) is 11.8 Å². The van der Waals surface area contributed by atoms with Crippen LogP contribution in [0, 0.1) is 5.82 Å². The van der Waals surface area contributed by atoms with Gasteiger partial charge in [0.15, 0.2) is 0 Å². The van der Waals surface area contributed by atoms with E-state index in [1.165, 1.54) is 12.5 Å². The van der Waals surface area contributed by atoms with Gasteiger partial charge in [-0.1, -0.05) is 24.6 Å². The van der Waals surface area contributed by atoms with Gasteiger partial charge in [-0.15, -0.1) is 0 Å². The summed E-state index contributed by atoms with van der Waals surface area (Å²) >= 11 is 7.90. The number of thioether (sulfide) groups is 1. The lowest BCUT2D eigenvalue weighted by Gasteiger charge is -2.37. The quantitative estimate of drug-likeness (QED) is 0.925. The molecular formula is C14H20ClFN2S. The Kier molecular flexibility index (Phi) is 5.51. The second-order valence-corrected chi connectivity index (χ2v) is 6.64. The van der Waals surface area contributed by atoms with Crippen LogP contribution in [0.3, 0.4) is 0 Å². The van der Waals surface area contributed by atoms with E-state index >= 15 is 0 Å². The molecule has 2 unspecified atom stereocenters. The van der Waals surface area contributed by atoms with E-state index in [0.717, 1.165) is 24.4 Å². The summed E-state index contributed by atoms with van der Waals surface area (Å²) in [6, 6.07) is 5.06. The number of nitrogens with two attached hydrogens (primary N) is 1. The van der Waals surface area contributed by atoms with Crippen molar-refractivity contribution in [3.63, 3.8) is 0 Å². The highest BCUT2D eigenvalue weighted by Crippen LogP contribution is 2.29. The van der Waals surface area contributed by atoms with E-state index in [4.69, 9.17) is 17.3 Å². The highest BCUT2D eigenvalue weighted by molar-refractivity contribution is 8.00. The second-order valence-electron chi connectivity index (χ2n) is 4.82. The summed E-state index contributed by atoms with van der Waals surface area (Å²) in [6.45, 7) is 4.81. The summed E-state index contributed by atoms with van der Waals surface area (Å²) in [7, 11) is 0. The molecule has 19 heavy (non-hydrogen) atoms. The standard InChI is InChI=1S/C14H20ClFN2S/c1-2-11-9-18(5-6-19-11)14(8-17)10-3-4-13(16)12(15)7-10/h3-4,7,11,14H,2,5-6,8-9,17H2,1H3. The monoisotopic (exact) mass is 302 g/mol. The lowest BCUT2D eigenvalue weighted by Crippen LogP contribution is -2.42. The average Bonchev–Trinajstić information content (AvgIpc) is 2.44. The van der Waals surface area contributed by atoms with Crippen molar-refractivity contribution in [1.82, 2.24) is 4.90 Å². The third kappa shape index (κ3) is 3.63. The van der Waals surface area contributed by atoms with Gasteiger partial charge in [0.2, 0.25) is 0 Å². The first-order valence-electron chi connectivity index (χ1n) is 6.66. The van der Waals surface area contributed by atoms with E-state index in [2.05, 4.69) is 11.8 Å². The fourth-order valence-electron chi connectivity index (χ4n) is 2.49. The summed E-state index contributed by atoms with van der Waals surface area (Å²) in [5.41, 5.74) is 6.94. The van der Waals surface area contributed by atoms with Crippen molar-refractivity contribution in [3.8, 4) is 0 Å². The molecule has 2 nitrogen and oxygen atoms in total. The zero-order valence-electron chi connectivity index (χ0n) is 11.1. The van der Waals surface area contributed by atoms with Crippen LogP contribution >= 0.6 is 23.4 Å². The molecule has 0 aliphatic carbocycles. The van der Waals surface area contributed by atoms with Gasteiger partial charge in [-0.3, -0.25) is 4.90 Å². The molecule has 1 aromatic rings. The van der Waals surface area contributed by atoms with Gasteiger partial charge in [0.25, 0.3) is 0 Å². The first kappa shape index (κ1) is 15.1. The van der Waals surface area contributed by atoms with E-state index in [1.54, 1.807) is 12.1 Å². The van der Waals surface area contributed by atoms with Crippen molar-refractivity contribution in [3.05, 3.63) is 34.6 Å². The molecule has 1 aliphatic heterocycles. The predicted octanol–water partition coefficient (Wildman–Crippen LogP) is 3.31. The van der Waals surface area contributed by atoms with Gasteiger partial charge in [-0.05, 0) is 24.1 Å². The number of nitrogens with zero attached hydrogens (tertiary/aromatic N) is 1. The van der Waals surface area contributed by atoms with Crippen LogP contribution in [0.25, 0.3) is 0 Å². The Labute approximate surface area is 123 Å². The normalized spacial score (nSPS) is 22.4. The highest BCUT2D eigenvalue weighted by Gasteiger charge is 2.26. The minimum atomic E-state index is -0.373. The van der Waals surface area contributed by atoms with Crippen molar-refractivity contribution in [2.45, 2.75) is 24.6 Å². The van der Waals surface area contributed by atoms with Crippen molar-refractivity contribution < 1.29 is 4.39 Å². The van der Waals surface area contributed by atoms with E-state index in [9.17, 15) is 4.39 Å². The zero-order chi connectivity index (χ0) is 13.8. The Balaban J connectivity index is 2.16. The molecule has 0 bridgehead atoms. The van der Waals surface area contributed by atoms with Crippen LogP contribution in [-0.2, 0) is 0 Å². The molecule has 1 aromatic carbocycles. The molecule has 2 atom stereocenters. The van der Waals surface area contributed by atoms with E-state index in [1.807, 2.05) is 11.8 Å². The number of benzene rings is 1. The Morgan fingerprint density at radius 2 is 2.37 bits per heavy atom. The lowest BCUT2D eigenvalue weighted by molar-refractivity contribution is 0.207. The molecule has 1 saturated heterocycles. The van der Waals surface area contributed by atoms with Crippen LogP contribution in [-0.4, -0.2) is 35.5 Å². The number of hydrogen-bond acceptors (Lipinski definition) is 3. The first-order valence-corrected chi connectivity index (χ1v) is 8.09. The lowest BCUT2D eigenvalue weighted by atomic mass is 10.0. The molecule has 2 rings (SSSR count). The smallest absolute Gasteiger partial charge is 0.141 e. The Bertz CT molecular complexity index is 430. The molecule has 0 aromatic heterocycles. The molecule has 1 aliphatic rings. The minimum absolute atomic E-state index is 0.132. The van der Waals surface area contributed by atoms with Crippen LogP contribution in [0.15, 0.2) is 18.2 Å². The summed E-state index contributed by atoms with van der Waals surface area (Å²) in [4.78, 5) is 2.40. The Morgan fingerprint density at radius 1 is 1.58 bits per heavy atom. The van der Waals surface area contributed by atoms with Crippen molar-refractivity contribution in [1.29, 1.82) is 0 Å². The maximum Gasteiger partial charge on any atom is 0.141 e. The largest absolute Gasteiger partial charge is 0.329 e. The fourth-order valence-corrected chi connectivity index (χ4v) is 3.88. The highest BCUT2D eigenvalue weighted by atomic mass is 35.5. The molecule has 0 spiro atoms. The predicted molar refractivity (Wildman–Crippen MR) is 81.3 cm³/mol. The topological polar surface area (TPSA) is 29.3 Å². The van der Waals surface area contributed by atoms with Gasteiger partial charge in [-0.25, -0.2) is 4.39 Å². The molecule has 0 radical (unpaired) electrons. The molecule has 0 amide bonds. The maximum absolute atomic E-state index is 13.2. The van der Waals surface area contributed by atoms with Crippen LogP contribution < -0.4 is 5.73 Å². The number of rotatable bonds is 4. The molecule has 1 fully saturated rings. The van der Waals surface area contributed by atoms with E-state index in [-0.39, 0.29) is 16.9 Å². The molecular weight excluding hydrogens is 283 g/mol. The van der Waals surface area contributed by atoms with Gasteiger partial charge in [0.05, 0.1) is 5.02 Å². The van der Waals surface area contributed by atoms with Crippen molar-refractivity contribution in [2.75, 3.05) is 25.4 Å². The molecule has 1 heterocycles. The first-order chi connectivity index (χ1) is 9.15.